The van der Waals surface area contributed by atoms with Gasteiger partial charge in [-0.3, -0.25) is 29.4 Å². The number of nitrogens with zero attached hydrogens (tertiary/aromatic N) is 5. The topological polar surface area (TPSA) is 150 Å². The lowest BCUT2D eigenvalue weighted by Gasteiger charge is -2.35. The van der Waals surface area contributed by atoms with Crippen molar-refractivity contribution in [3.63, 3.8) is 0 Å². The van der Waals surface area contributed by atoms with Crippen molar-refractivity contribution in [2.24, 2.45) is 0 Å². The molecule has 0 radical (unpaired) electrons. The number of carbonyl (C=O) groups excluding carboxylic acids is 4. The number of alkyl halides is 2. The van der Waals surface area contributed by atoms with Gasteiger partial charge >= 0.3 is 0 Å². The molecule has 7 rings (SSSR count). The smallest absolute Gasteiger partial charge is 0.280 e. The average Bonchev–Trinajstić information content (AvgIpc) is 3.59. The van der Waals surface area contributed by atoms with E-state index in [1.165, 1.54) is 23.8 Å². The Balaban J connectivity index is 0.904. The van der Waals surface area contributed by atoms with Crippen molar-refractivity contribution in [1.29, 1.82) is 0 Å². The monoisotopic (exact) mass is 756 g/mol. The van der Waals surface area contributed by atoms with E-state index in [4.69, 9.17) is 9.72 Å². The molecule has 3 N–H and O–H groups in total. The molecule has 0 aliphatic carbocycles. The molecule has 1 aromatic carbocycles. The molecule has 3 aromatic heterocycles. The van der Waals surface area contributed by atoms with Gasteiger partial charge in [-0.25, -0.2) is 18.7 Å². The van der Waals surface area contributed by atoms with Crippen LogP contribution in [0.1, 0.15) is 97.9 Å². The molecule has 6 heterocycles. The van der Waals surface area contributed by atoms with Crippen LogP contribution in [-0.4, -0.2) is 92.7 Å². The summed E-state index contributed by atoms with van der Waals surface area (Å²) in [5.41, 5.74) is 3.38. The normalized spacial score (nSPS) is 18.9. The van der Waals surface area contributed by atoms with E-state index in [-0.39, 0.29) is 41.1 Å². The number of hydrogen-bond acceptors (Lipinski definition) is 9. The van der Waals surface area contributed by atoms with E-state index < -0.39 is 24.1 Å². The van der Waals surface area contributed by atoms with E-state index in [1.54, 1.807) is 16.7 Å². The number of rotatable bonds is 11. The van der Waals surface area contributed by atoms with Gasteiger partial charge in [-0.15, -0.1) is 0 Å². The molecular formula is C40H46F2N8O5. The third-order valence-corrected chi connectivity index (χ3v) is 10.6. The van der Waals surface area contributed by atoms with Crippen LogP contribution in [0.3, 0.4) is 0 Å². The Morgan fingerprint density at radius 3 is 2.35 bits per heavy atom. The summed E-state index contributed by atoms with van der Waals surface area (Å²) in [4.78, 5) is 63.1. The van der Waals surface area contributed by atoms with Gasteiger partial charge in [0.05, 0.1) is 23.9 Å². The van der Waals surface area contributed by atoms with Gasteiger partial charge in [0.15, 0.2) is 0 Å². The highest BCUT2D eigenvalue weighted by Gasteiger charge is 2.30. The van der Waals surface area contributed by atoms with Crippen LogP contribution in [-0.2, 0) is 14.4 Å². The van der Waals surface area contributed by atoms with Crippen LogP contribution in [0.4, 0.5) is 20.3 Å². The summed E-state index contributed by atoms with van der Waals surface area (Å²) in [7, 11) is 0. The van der Waals surface area contributed by atoms with Crippen molar-refractivity contribution in [2.45, 2.75) is 82.8 Å². The zero-order valence-electron chi connectivity index (χ0n) is 31.0. The minimum atomic E-state index is -2.76. The molecule has 1 atom stereocenters. The van der Waals surface area contributed by atoms with Crippen LogP contribution in [0.2, 0.25) is 0 Å². The van der Waals surface area contributed by atoms with E-state index in [1.807, 2.05) is 37.1 Å². The summed E-state index contributed by atoms with van der Waals surface area (Å²) in [5.74, 6) is -0.0302. The van der Waals surface area contributed by atoms with Crippen LogP contribution < -0.4 is 20.7 Å². The molecule has 0 saturated carbocycles. The number of amides is 4. The minimum Gasteiger partial charge on any atom is -0.490 e. The second kappa shape index (κ2) is 16.5. The predicted molar refractivity (Wildman–Crippen MR) is 201 cm³/mol. The molecule has 3 aliphatic heterocycles. The van der Waals surface area contributed by atoms with Crippen LogP contribution in [0, 0.1) is 0 Å². The largest absolute Gasteiger partial charge is 0.490 e. The number of piperidine rings is 3. The molecule has 4 aromatic rings. The van der Waals surface area contributed by atoms with Gasteiger partial charge in [0.1, 0.15) is 29.0 Å². The summed E-state index contributed by atoms with van der Waals surface area (Å²) in [6.07, 6.45) is 4.82. The van der Waals surface area contributed by atoms with Gasteiger partial charge in [-0.05, 0) is 94.8 Å². The molecule has 0 spiro atoms. The van der Waals surface area contributed by atoms with Gasteiger partial charge in [0, 0.05) is 49.6 Å². The van der Waals surface area contributed by atoms with Gasteiger partial charge in [0.2, 0.25) is 17.7 Å². The fraction of sp³-hybridized carbons (Fsp3) is 0.450. The molecule has 55 heavy (non-hydrogen) atoms. The third-order valence-electron chi connectivity index (χ3n) is 10.6. The molecule has 3 fully saturated rings. The fourth-order valence-electron chi connectivity index (χ4n) is 7.60. The number of likely N-dealkylation sites (tertiary alicyclic amines) is 2. The van der Waals surface area contributed by atoms with Gasteiger partial charge in [-0.1, -0.05) is 18.2 Å². The van der Waals surface area contributed by atoms with Crippen LogP contribution in [0.15, 0.2) is 60.9 Å². The first kappa shape index (κ1) is 37.9. The highest BCUT2D eigenvalue weighted by Crippen LogP contribution is 2.32. The summed E-state index contributed by atoms with van der Waals surface area (Å²) in [6, 6.07) is 13.5. The summed E-state index contributed by atoms with van der Waals surface area (Å²) in [5, 5.41) is 8.21. The first-order valence-electron chi connectivity index (χ1n) is 18.9. The number of imidazole rings is 1. The van der Waals surface area contributed by atoms with Crippen molar-refractivity contribution in [3.8, 4) is 5.75 Å². The van der Waals surface area contributed by atoms with Crippen molar-refractivity contribution in [3.05, 3.63) is 83.4 Å². The molecule has 3 aliphatic rings. The maximum absolute atomic E-state index is 13.3. The molecule has 15 heteroatoms. The number of aromatic nitrogens is 3. The maximum atomic E-state index is 13.3. The molecule has 1 unspecified atom stereocenters. The number of ether oxygens (including phenoxy) is 1. The average molecular weight is 757 g/mol. The molecule has 0 bridgehead atoms. The zero-order valence-corrected chi connectivity index (χ0v) is 31.0. The van der Waals surface area contributed by atoms with Gasteiger partial charge in [-0.2, -0.15) is 0 Å². The SMILES string of the molecule is CC(C)Oc1cc2nc(C3CCN(CC(=O)N4CCC(c5ccc(NC6CCC(=O)NC6=O)cc5)CC4)CC3)cn2cc1C(=O)Nc1cccc(C(F)F)n1. The van der Waals surface area contributed by atoms with E-state index in [9.17, 15) is 28.0 Å². The van der Waals surface area contributed by atoms with Gasteiger partial charge < -0.3 is 24.7 Å². The van der Waals surface area contributed by atoms with E-state index in [0.717, 1.165) is 50.2 Å². The minimum absolute atomic E-state index is 0.0182. The summed E-state index contributed by atoms with van der Waals surface area (Å²) in [6.45, 7) is 7.03. The Morgan fingerprint density at radius 2 is 1.65 bits per heavy atom. The Hall–Kier alpha value is -5.44. The molecular weight excluding hydrogens is 710 g/mol. The lowest BCUT2D eigenvalue weighted by Crippen LogP contribution is -2.47. The second-order valence-electron chi connectivity index (χ2n) is 14.8. The number of pyridine rings is 2. The Kier molecular flexibility index (Phi) is 11.4. The number of benzene rings is 1. The van der Waals surface area contributed by atoms with Crippen molar-refractivity contribution in [1.82, 2.24) is 29.5 Å². The van der Waals surface area contributed by atoms with Crippen molar-refractivity contribution >= 4 is 40.8 Å². The summed E-state index contributed by atoms with van der Waals surface area (Å²) < 4.78 is 34.1. The lowest BCUT2D eigenvalue weighted by molar-refractivity contribution is -0.134. The van der Waals surface area contributed by atoms with E-state index in [0.29, 0.717) is 49.8 Å². The summed E-state index contributed by atoms with van der Waals surface area (Å²) >= 11 is 0. The third kappa shape index (κ3) is 9.10. The maximum Gasteiger partial charge on any atom is 0.280 e. The number of fused-ring (bicyclic) bond motifs is 1. The number of nitrogens with one attached hydrogen (secondary N) is 3. The van der Waals surface area contributed by atoms with E-state index in [2.05, 4.69) is 38.0 Å². The zero-order chi connectivity index (χ0) is 38.6. The number of imide groups is 1. The highest BCUT2D eigenvalue weighted by molar-refractivity contribution is 6.06. The first-order chi connectivity index (χ1) is 26.5. The molecule has 3 saturated heterocycles. The predicted octanol–water partition coefficient (Wildman–Crippen LogP) is 5.51. The number of anilines is 2. The van der Waals surface area contributed by atoms with Crippen LogP contribution in [0.25, 0.3) is 5.65 Å². The van der Waals surface area contributed by atoms with E-state index >= 15 is 0 Å². The Bertz CT molecular complexity index is 2040. The van der Waals surface area contributed by atoms with Crippen molar-refractivity contribution < 1.29 is 32.7 Å². The van der Waals surface area contributed by atoms with Crippen LogP contribution in [0.5, 0.6) is 5.75 Å². The molecule has 13 nitrogen and oxygen atoms in total. The number of hydrogen-bond donors (Lipinski definition) is 3. The van der Waals surface area contributed by atoms with Crippen molar-refractivity contribution in [2.75, 3.05) is 43.4 Å². The standard InChI is InChI=1S/C40H46F2N8O5/c1-24(2)55-33-20-35-45-32(22-50(35)21-29(33)39(53)46-34-5-3-4-30(44-34)38(41)42)27-12-16-48(17-13-27)23-37(52)49-18-14-26(15-19-49)25-6-8-28(9-7-25)43-31-10-11-36(51)47-40(31)54/h3-9,20-22,24,26-27,31,38,43H,10-19,23H2,1-2H3,(H,44,46,53)(H,47,51,54). The Labute approximate surface area is 317 Å². The van der Waals surface area contributed by atoms with Crippen LogP contribution >= 0.6 is 0 Å². The Morgan fingerprint density at radius 1 is 0.927 bits per heavy atom. The quantitative estimate of drug-likeness (QED) is 0.169. The highest BCUT2D eigenvalue weighted by atomic mass is 19.3. The number of halogens is 2. The van der Waals surface area contributed by atoms with Gasteiger partial charge in [0.25, 0.3) is 12.3 Å². The first-order valence-corrected chi connectivity index (χ1v) is 18.9. The fourth-order valence-corrected chi connectivity index (χ4v) is 7.60. The lowest BCUT2D eigenvalue weighted by atomic mass is 9.89. The molecule has 4 amide bonds. The number of carbonyl (C=O) groups is 4. The second-order valence-corrected chi connectivity index (χ2v) is 14.8. The molecule has 290 valence electrons.